The molecule has 0 aliphatic heterocycles. The minimum Gasteiger partial charge on any atom is -0.504 e. The molecule has 2 aromatic rings. The molecule has 1 amide bonds. The standard InChI is InChI=1S/C13H11N3O5/c1-21-8-4-2-3-7(10(8)17)12(18)16-11-9(13(19)20)14-5-6-15-11/h2-6,17H,1H3,(H,19,20)(H,15,16,18). The summed E-state index contributed by atoms with van der Waals surface area (Å²) >= 11 is 0. The van der Waals surface area contributed by atoms with Gasteiger partial charge < -0.3 is 20.3 Å². The van der Waals surface area contributed by atoms with E-state index in [1.807, 2.05) is 0 Å². The molecule has 1 heterocycles. The first-order valence-corrected chi connectivity index (χ1v) is 5.76. The topological polar surface area (TPSA) is 122 Å². The minimum absolute atomic E-state index is 0.0728. The largest absolute Gasteiger partial charge is 0.504 e. The Morgan fingerprint density at radius 2 is 1.95 bits per heavy atom. The highest BCUT2D eigenvalue weighted by Gasteiger charge is 2.19. The Balaban J connectivity index is 2.33. The van der Waals surface area contributed by atoms with Gasteiger partial charge in [-0.3, -0.25) is 4.79 Å². The van der Waals surface area contributed by atoms with Crippen molar-refractivity contribution in [3.8, 4) is 11.5 Å². The SMILES string of the molecule is COc1cccc(C(=O)Nc2nccnc2C(=O)O)c1O. The molecule has 108 valence electrons. The highest BCUT2D eigenvalue weighted by atomic mass is 16.5. The maximum absolute atomic E-state index is 12.1. The average molecular weight is 289 g/mol. The summed E-state index contributed by atoms with van der Waals surface area (Å²) in [4.78, 5) is 30.4. The van der Waals surface area contributed by atoms with Crippen molar-refractivity contribution in [1.29, 1.82) is 0 Å². The lowest BCUT2D eigenvalue weighted by Crippen LogP contribution is -2.17. The van der Waals surface area contributed by atoms with Crippen LogP contribution >= 0.6 is 0 Å². The van der Waals surface area contributed by atoms with E-state index in [0.717, 1.165) is 0 Å². The second-order valence-electron chi connectivity index (χ2n) is 3.87. The van der Waals surface area contributed by atoms with Crippen molar-refractivity contribution in [3.63, 3.8) is 0 Å². The van der Waals surface area contributed by atoms with Crippen molar-refractivity contribution in [2.24, 2.45) is 0 Å². The number of hydrogen-bond acceptors (Lipinski definition) is 6. The number of benzene rings is 1. The Labute approximate surface area is 119 Å². The molecule has 0 aliphatic carbocycles. The van der Waals surface area contributed by atoms with E-state index in [4.69, 9.17) is 9.84 Å². The third-order valence-electron chi connectivity index (χ3n) is 2.60. The van der Waals surface area contributed by atoms with Crippen molar-refractivity contribution in [3.05, 3.63) is 41.9 Å². The second kappa shape index (κ2) is 5.87. The number of carbonyl (C=O) groups is 2. The smallest absolute Gasteiger partial charge is 0.358 e. The van der Waals surface area contributed by atoms with Crippen molar-refractivity contribution in [2.45, 2.75) is 0 Å². The van der Waals surface area contributed by atoms with Gasteiger partial charge in [0.1, 0.15) is 0 Å². The third kappa shape index (κ3) is 2.89. The number of phenolic OH excluding ortho intramolecular Hbond substituents is 1. The van der Waals surface area contributed by atoms with Gasteiger partial charge >= 0.3 is 5.97 Å². The number of hydrogen-bond donors (Lipinski definition) is 3. The Kier molecular flexibility index (Phi) is 3.98. The van der Waals surface area contributed by atoms with Gasteiger partial charge in [-0.05, 0) is 12.1 Å². The summed E-state index contributed by atoms with van der Waals surface area (Å²) in [6, 6.07) is 4.36. The van der Waals surface area contributed by atoms with Crippen LogP contribution < -0.4 is 10.1 Å². The number of nitrogens with zero attached hydrogens (tertiary/aromatic N) is 2. The fourth-order valence-corrected chi connectivity index (χ4v) is 1.63. The molecule has 0 fully saturated rings. The fraction of sp³-hybridized carbons (Fsp3) is 0.0769. The van der Waals surface area contributed by atoms with Gasteiger partial charge in [0.05, 0.1) is 12.7 Å². The molecule has 8 heteroatoms. The second-order valence-corrected chi connectivity index (χ2v) is 3.87. The number of rotatable bonds is 4. The van der Waals surface area contributed by atoms with Gasteiger partial charge in [0, 0.05) is 12.4 Å². The van der Waals surface area contributed by atoms with Crippen LogP contribution in [-0.2, 0) is 0 Å². The molecule has 1 aromatic carbocycles. The Morgan fingerprint density at radius 3 is 2.62 bits per heavy atom. The van der Waals surface area contributed by atoms with Crippen LogP contribution in [0.3, 0.4) is 0 Å². The molecule has 3 N–H and O–H groups in total. The molecule has 2 rings (SSSR count). The molecule has 21 heavy (non-hydrogen) atoms. The maximum atomic E-state index is 12.1. The number of amides is 1. The van der Waals surface area contributed by atoms with Gasteiger partial charge in [-0.2, -0.15) is 0 Å². The summed E-state index contributed by atoms with van der Waals surface area (Å²) in [5.74, 6) is -2.49. The number of phenols is 1. The van der Waals surface area contributed by atoms with Gasteiger partial charge in [0.25, 0.3) is 5.91 Å². The van der Waals surface area contributed by atoms with Crippen LogP contribution in [0.5, 0.6) is 11.5 Å². The lowest BCUT2D eigenvalue weighted by atomic mass is 10.1. The molecule has 0 saturated heterocycles. The van der Waals surface area contributed by atoms with Crippen LogP contribution in [0.25, 0.3) is 0 Å². The number of aromatic hydroxyl groups is 1. The number of carboxylic acids is 1. The van der Waals surface area contributed by atoms with E-state index >= 15 is 0 Å². The van der Waals surface area contributed by atoms with Crippen LogP contribution in [-0.4, -0.2) is 39.2 Å². The third-order valence-corrected chi connectivity index (χ3v) is 2.60. The summed E-state index contributed by atoms with van der Waals surface area (Å²) in [6.07, 6.45) is 2.44. The van der Waals surface area contributed by atoms with Crippen LogP contribution in [0, 0.1) is 0 Å². The normalized spacial score (nSPS) is 9.95. The number of carbonyl (C=O) groups excluding carboxylic acids is 1. The van der Waals surface area contributed by atoms with Crippen molar-refractivity contribution < 1.29 is 24.5 Å². The molecular formula is C13H11N3O5. The Bertz CT molecular complexity index is 702. The summed E-state index contributed by atoms with van der Waals surface area (Å²) < 4.78 is 4.90. The maximum Gasteiger partial charge on any atom is 0.358 e. The number of aromatic nitrogens is 2. The van der Waals surface area contributed by atoms with Gasteiger partial charge in [0.2, 0.25) is 0 Å². The van der Waals surface area contributed by atoms with E-state index < -0.39 is 17.6 Å². The quantitative estimate of drug-likeness (QED) is 0.771. The van der Waals surface area contributed by atoms with Crippen LogP contribution in [0.1, 0.15) is 20.8 Å². The zero-order chi connectivity index (χ0) is 15.4. The Morgan fingerprint density at radius 1 is 1.24 bits per heavy atom. The van der Waals surface area contributed by atoms with Gasteiger partial charge in [-0.25, -0.2) is 14.8 Å². The molecule has 0 spiro atoms. The molecule has 0 atom stereocenters. The lowest BCUT2D eigenvalue weighted by Gasteiger charge is -2.09. The highest BCUT2D eigenvalue weighted by Crippen LogP contribution is 2.29. The number of anilines is 1. The molecule has 8 nitrogen and oxygen atoms in total. The first kappa shape index (κ1) is 14.3. The monoisotopic (exact) mass is 289 g/mol. The number of ether oxygens (including phenoxy) is 1. The van der Waals surface area contributed by atoms with Crippen LogP contribution in [0.2, 0.25) is 0 Å². The zero-order valence-electron chi connectivity index (χ0n) is 10.9. The first-order chi connectivity index (χ1) is 10.0. The summed E-state index contributed by atoms with van der Waals surface area (Å²) in [7, 11) is 1.35. The number of methoxy groups -OCH3 is 1. The van der Waals surface area contributed by atoms with Crippen LogP contribution in [0.15, 0.2) is 30.6 Å². The highest BCUT2D eigenvalue weighted by molar-refractivity contribution is 6.08. The summed E-state index contributed by atoms with van der Waals surface area (Å²) in [5.41, 5.74) is -0.468. The van der Waals surface area contributed by atoms with Crippen molar-refractivity contribution in [1.82, 2.24) is 9.97 Å². The number of para-hydroxylation sites is 1. The van der Waals surface area contributed by atoms with E-state index in [1.165, 1.54) is 37.7 Å². The first-order valence-electron chi connectivity index (χ1n) is 5.76. The zero-order valence-corrected chi connectivity index (χ0v) is 10.9. The number of nitrogens with one attached hydrogen (secondary N) is 1. The van der Waals surface area contributed by atoms with E-state index in [0.29, 0.717) is 0 Å². The van der Waals surface area contributed by atoms with Crippen molar-refractivity contribution >= 4 is 17.7 Å². The summed E-state index contributed by atoms with van der Waals surface area (Å²) in [6.45, 7) is 0. The molecular weight excluding hydrogens is 278 g/mol. The molecule has 0 unspecified atom stereocenters. The molecule has 0 saturated carbocycles. The molecule has 0 aliphatic rings. The number of aromatic carboxylic acids is 1. The fourth-order valence-electron chi connectivity index (χ4n) is 1.63. The van der Waals surface area contributed by atoms with E-state index in [2.05, 4.69) is 15.3 Å². The minimum atomic E-state index is -1.33. The van der Waals surface area contributed by atoms with Crippen molar-refractivity contribution in [2.75, 3.05) is 12.4 Å². The van der Waals surface area contributed by atoms with Gasteiger partial charge in [-0.15, -0.1) is 0 Å². The molecule has 0 radical (unpaired) electrons. The summed E-state index contributed by atoms with van der Waals surface area (Å²) in [5, 5.41) is 21.1. The molecule has 0 bridgehead atoms. The predicted molar refractivity (Wildman–Crippen MR) is 71.6 cm³/mol. The molecule has 1 aromatic heterocycles. The van der Waals surface area contributed by atoms with Crippen LogP contribution in [0.4, 0.5) is 5.82 Å². The number of carboxylic acid groups (broad SMARTS) is 1. The average Bonchev–Trinajstić information content (AvgIpc) is 2.47. The lowest BCUT2D eigenvalue weighted by molar-refractivity contribution is 0.0691. The van der Waals surface area contributed by atoms with Gasteiger partial charge in [0.15, 0.2) is 23.0 Å². The van der Waals surface area contributed by atoms with E-state index in [-0.39, 0.29) is 22.9 Å². The van der Waals surface area contributed by atoms with Gasteiger partial charge in [-0.1, -0.05) is 6.07 Å². The Hall–Kier alpha value is -3.16. The predicted octanol–water partition coefficient (Wildman–Crippen LogP) is 1.14. The van der Waals surface area contributed by atoms with E-state index in [9.17, 15) is 14.7 Å². The van der Waals surface area contributed by atoms with E-state index in [1.54, 1.807) is 0 Å².